The van der Waals surface area contributed by atoms with Crippen LogP contribution in [0.5, 0.6) is 5.75 Å². The van der Waals surface area contributed by atoms with Crippen molar-refractivity contribution in [2.45, 2.75) is 69.9 Å². The number of carbonyl (C=O) groups is 1. The van der Waals surface area contributed by atoms with Gasteiger partial charge in [-0.1, -0.05) is 24.0 Å². The number of anilines is 2. The Hall–Kier alpha value is -3.25. The van der Waals surface area contributed by atoms with E-state index in [4.69, 9.17) is 9.47 Å². The third-order valence-corrected chi connectivity index (χ3v) is 11.7. The van der Waals surface area contributed by atoms with Gasteiger partial charge in [0.25, 0.3) is 5.91 Å². The largest absolute Gasteiger partial charge is 0.495 e. The number of benzene rings is 2. The summed E-state index contributed by atoms with van der Waals surface area (Å²) in [6.07, 6.45) is 11.3. The maximum absolute atomic E-state index is 12.0. The molecule has 4 fully saturated rings. The van der Waals surface area contributed by atoms with Gasteiger partial charge in [0, 0.05) is 56.4 Å². The van der Waals surface area contributed by atoms with E-state index in [0.29, 0.717) is 29.3 Å². The van der Waals surface area contributed by atoms with Gasteiger partial charge in [0.2, 0.25) is 0 Å². The van der Waals surface area contributed by atoms with Crippen LogP contribution in [0.3, 0.4) is 0 Å². The number of thiophene rings is 1. The zero-order valence-electron chi connectivity index (χ0n) is 26.7. The van der Waals surface area contributed by atoms with Crippen molar-refractivity contribution in [3.63, 3.8) is 0 Å². The summed E-state index contributed by atoms with van der Waals surface area (Å²) in [6, 6.07) is 13.5. The number of methoxy groups -OCH3 is 1. The first-order valence-electron chi connectivity index (χ1n) is 16.8. The number of rotatable bonds is 9. The standard InChI is InChI=1S/C37H46N4O3S/c1-38-36(42)26-10-15-31(33(22-26)43-2)39-18-4-7-34-30(21-25-8-9-25)29-5-3-6-32(35(29)45-34)40-27-11-13-28(14-12-27)41-23-37(24-41)16-19-44-20-17-37/h3,5-6,10,15,22,25,27-28,39-40H,8-9,11-14,16-21,23-24H2,1-2H3,(H,38,42). The zero-order valence-corrected chi connectivity index (χ0v) is 27.5. The number of likely N-dealkylation sites (tertiary alicyclic amines) is 1. The monoisotopic (exact) mass is 626 g/mol. The normalized spacial score (nSPS) is 22.7. The molecule has 3 N–H and O–H groups in total. The predicted molar refractivity (Wildman–Crippen MR) is 184 cm³/mol. The van der Waals surface area contributed by atoms with Gasteiger partial charge in [-0.3, -0.25) is 9.69 Å². The van der Waals surface area contributed by atoms with E-state index in [1.165, 1.54) is 90.7 Å². The second-order valence-electron chi connectivity index (χ2n) is 13.6. The van der Waals surface area contributed by atoms with Crippen molar-refractivity contribution in [2.75, 3.05) is 57.6 Å². The van der Waals surface area contributed by atoms with Gasteiger partial charge in [0.15, 0.2) is 0 Å². The summed E-state index contributed by atoms with van der Waals surface area (Å²) in [5.41, 5.74) is 4.65. The molecular weight excluding hydrogens is 580 g/mol. The molecule has 4 aliphatic rings. The summed E-state index contributed by atoms with van der Waals surface area (Å²) < 4.78 is 12.5. The van der Waals surface area contributed by atoms with Crippen LogP contribution in [0.4, 0.5) is 11.4 Å². The van der Waals surface area contributed by atoms with Gasteiger partial charge in [0.1, 0.15) is 5.75 Å². The number of nitrogens with zero attached hydrogens (tertiary/aromatic N) is 1. The molecule has 1 spiro atoms. The highest BCUT2D eigenvalue weighted by atomic mass is 32.1. The Morgan fingerprint density at radius 3 is 2.60 bits per heavy atom. The van der Waals surface area contributed by atoms with Gasteiger partial charge in [-0.05, 0) is 98.9 Å². The van der Waals surface area contributed by atoms with E-state index in [1.807, 2.05) is 17.4 Å². The lowest BCUT2D eigenvalue weighted by Crippen LogP contribution is -2.62. The van der Waals surface area contributed by atoms with E-state index < -0.39 is 0 Å². The molecule has 7 nitrogen and oxygen atoms in total. The molecule has 2 aromatic carbocycles. The van der Waals surface area contributed by atoms with Crippen LogP contribution in [0.2, 0.25) is 0 Å². The Bertz CT molecular complexity index is 1580. The smallest absolute Gasteiger partial charge is 0.251 e. The molecule has 45 heavy (non-hydrogen) atoms. The lowest BCUT2D eigenvalue weighted by atomic mass is 9.71. The van der Waals surface area contributed by atoms with Crippen LogP contribution in [0.1, 0.15) is 72.2 Å². The van der Waals surface area contributed by atoms with Gasteiger partial charge in [-0.2, -0.15) is 0 Å². The molecule has 8 heteroatoms. The second kappa shape index (κ2) is 13.2. The first-order valence-corrected chi connectivity index (χ1v) is 17.6. The Balaban J connectivity index is 1.01. The number of amides is 1. The average molecular weight is 627 g/mol. The van der Waals surface area contributed by atoms with Gasteiger partial charge < -0.3 is 25.4 Å². The Morgan fingerprint density at radius 2 is 1.87 bits per heavy atom. The van der Waals surface area contributed by atoms with E-state index in [2.05, 4.69) is 50.9 Å². The quantitative estimate of drug-likeness (QED) is 0.235. The minimum absolute atomic E-state index is 0.135. The fourth-order valence-electron chi connectivity index (χ4n) is 7.58. The molecule has 2 aliphatic carbocycles. The number of ether oxygens (including phenoxy) is 2. The Morgan fingerprint density at radius 1 is 1.07 bits per heavy atom. The van der Waals surface area contributed by atoms with Crippen LogP contribution < -0.4 is 20.7 Å². The van der Waals surface area contributed by atoms with E-state index >= 15 is 0 Å². The van der Waals surface area contributed by atoms with Gasteiger partial charge in [0.05, 0.1) is 34.6 Å². The highest BCUT2D eigenvalue weighted by molar-refractivity contribution is 7.20. The van der Waals surface area contributed by atoms with E-state index in [9.17, 15) is 4.79 Å². The molecule has 0 unspecified atom stereocenters. The Labute approximate surface area is 271 Å². The number of fused-ring (bicyclic) bond motifs is 1. The molecule has 238 valence electrons. The fraction of sp³-hybridized carbons (Fsp3) is 0.541. The first kappa shape index (κ1) is 30.4. The first-order chi connectivity index (χ1) is 22.0. The van der Waals surface area contributed by atoms with Crippen molar-refractivity contribution in [3.8, 4) is 17.6 Å². The summed E-state index contributed by atoms with van der Waals surface area (Å²) in [5, 5.41) is 11.4. The molecule has 1 aromatic heterocycles. The molecule has 2 saturated carbocycles. The van der Waals surface area contributed by atoms with Crippen molar-refractivity contribution < 1.29 is 14.3 Å². The number of nitrogens with one attached hydrogen (secondary N) is 3. The van der Waals surface area contributed by atoms with Gasteiger partial charge >= 0.3 is 0 Å². The predicted octanol–water partition coefficient (Wildman–Crippen LogP) is 6.52. The summed E-state index contributed by atoms with van der Waals surface area (Å²) in [4.78, 5) is 16.0. The summed E-state index contributed by atoms with van der Waals surface area (Å²) in [5.74, 6) is 8.19. The highest BCUT2D eigenvalue weighted by Crippen LogP contribution is 2.44. The van der Waals surface area contributed by atoms with E-state index in [1.54, 1.807) is 26.3 Å². The van der Waals surface area contributed by atoms with Crippen molar-refractivity contribution in [1.82, 2.24) is 10.2 Å². The highest BCUT2D eigenvalue weighted by Gasteiger charge is 2.46. The molecule has 2 aliphatic heterocycles. The van der Waals surface area contributed by atoms with Crippen LogP contribution in [-0.2, 0) is 11.2 Å². The second-order valence-corrected chi connectivity index (χ2v) is 14.6. The topological polar surface area (TPSA) is 74.9 Å². The lowest BCUT2D eigenvalue weighted by molar-refractivity contribution is -0.102. The third kappa shape index (κ3) is 6.67. The molecule has 0 radical (unpaired) electrons. The fourth-order valence-corrected chi connectivity index (χ4v) is 8.77. The molecule has 1 amide bonds. The van der Waals surface area contributed by atoms with Crippen LogP contribution in [0, 0.1) is 23.2 Å². The molecular formula is C37H46N4O3S. The minimum Gasteiger partial charge on any atom is -0.495 e. The van der Waals surface area contributed by atoms with Crippen molar-refractivity contribution in [3.05, 3.63) is 52.4 Å². The molecule has 3 aromatic rings. The molecule has 0 bridgehead atoms. The van der Waals surface area contributed by atoms with Crippen molar-refractivity contribution in [2.24, 2.45) is 11.3 Å². The van der Waals surface area contributed by atoms with Crippen molar-refractivity contribution >= 4 is 38.7 Å². The SMILES string of the molecule is CNC(=O)c1ccc(NCC#Cc2sc3c(NC4CCC(N5CC6(CCOCC6)C5)CC4)cccc3c2CC2CC2)c(OC)c1. The maximum atomic E-state index is 12.0. The third-order valence-electron chi connectivity index (χ3n) is 10.5. The Kier molecular flexibility index (Phi) is 8.94. The molecule has 0 atom stereocenters. The zero-order chi connectivity index (χ0) is 30.8. The average Bonchev–Trinajstić information content (AvgIpc) is 3.82. The van der Waals surface area contributed by atoms with Crippen molar-refractivity contribution in [1.29, 1.82) is 0 Å². The number of carbonyl (C=O) groups excluding carboxylic acids is 1. The molecule has 3 heterocycles. The minimum atomic E-state index is -0.135. The lowest BCUT2D eigenvalue weighted by Gasteiger charge is -2.56. The van der Waals surface area contributed by atoms with Crippen LogP contribution >= 0.6 is 11.3 Å². The van der Waals surface area contributed by atoms with Gasteiger partial charge in [-0.25, -0.2) is 0 Å². The molecule has 7 rings (SSSR count). The number of hydrogen-bond donors (Lipinski definition) is 3. The molecule has 2 saturated heterocycles. The van der Waals surface area contributed by atoms with Crippen LogP contribution in [-0.4, -0.2) is 69.9 Å². The maximum Gasteiger partial charge on any atom is 0.251 e. The number of hydrogen-bond acceptors (Lipinski definition) is 7. The summed E-state index contributed by atoms with van der Waals surface area (Å²) >= 11 is 1.85. The summed E-state index contributed by atoms with van der Waals surface area (Å²) in [6.45, 7) is 4.97. The van der Waals surface area contributed by atoms with Gasteiger partial charge in [-0.15, -0.1) is 11.3 Å². The van der Waals surface area contributed by atoms with E-state index in [-0.39, 0.29) is 5.91 Å². The van der Waals surface area contributed by atoms with Crippen LogP contribution in [0.25, 0.3) is 10.1 Å². The summed E-state index contributed by atoms with van der Waals surface area (Å²) in [7, 11) is 3.25. The van der Waals surface area contributed by atoms with Crippen LogP contribution in [0.15, 0.2) is 36.4 Å². The van der Waals surface area contributed by atoms with E-state index in [0.717, 1.165) is 37.3 Å².